The number of likely N-dealkylation sites (tertiary alicyclic amines) is 1. The maximum atomic E-state index is 5.53. The Hall–Kier alpha value is -0.610. The van der Waals surface area contributed by atoms with Gasteiger partial charge in [0.25, 0.3) is 0 Å². The third-order valence-electron chi connectivity index (χ3n) is 7.78. The lowest BCUT2D eigenvalue weighted by molar-refractivity contribution is -0.755. The number of fused-ring (bicyclic) bond motifs is 1. The van der Waals surface area contributed by atoms with Crippen molar-refractivity contribution in [2.45, 2.75) is 102 Å². The lowest BCUT2D eigenvalue weighted by atomic mass is 9.75. The topological polar surface area (TPSA) is 35.5 Å². The van der Waals surface area contributed by atoms with Gasteiger partial charge in [0, 0.05) is 31.3 Å². The first-order valence-corrected chi connectivity index (χ1v) is 11.5. The van der Waals surface area contributed by atoms with Crippen molar-refractivity contribution in [3.8, 4) is 0 Å². The first kappa shape index (κ1) is 18.7. The van der Waals surface area contributed by atoms with Gasteiger partial charge in [-0.1, -0.05) is 26.2 Å². The van der Waals surface area contributed by atoms with E-state index < -0.39 is 0 Å². The molecule has 2 aliphatic carbocycles. The van der Waals surface area contributed by atoms with Crippen LogP contribution in [0.5, 0.6) is 0 Å². The Morgan fingerprint density at radius 2 is 1.85 bits per heavy atom. The maximum absolute atomic E-state index is 5.53. The van der Waals surface area contributed by atoms with Gasteiger partial charge in [0.2, 0.25) is 0 Å². The molecule has 0 spiro atoms. The molecule has 4 heteroatoms. The van der Waals surface area contributed by atoms with Crippen LogP contribution in [0.2, 0.25) is 0 Å². The number of hydrogen-bond donors (Lipinski definition) is 1. The molecule has 2 saturated heterocycles. The zero-order valence-electron chi connectivity index (χ0n) is 17.4. The molecule has 6 atom stereocenters. The Kier molecular flexibility index (Phi) is 5.90. The standard InChI is InChI=1S/C22H40N4/c1-16-8-6-9-17(14-16)26-13-7-12-21(26)24-20-15-22(25(2)3)23-19-11-5-4-10-18(19)20/h16-20,22-23H,4-15H2,1-3H3/p+1. The monoisotopic (exact) mass is 361 g/mol. The number of amidine groups is 1. The number of nitrogens with two attached hydrogens (primary N) is 1. The van der Waals surface area contributed by atoms with Crippen molar-refractivity contribution in [3.63, 3.8) is 0 Å². The molecule has 4 rings (SSSR count). The Morgan fingerprint density at radius 3 is 2.65 bits per heavy atom. The number of nitrogens with zero attached hydrogens (tertiary/aromatic N) is 3. The summed E-state index contributed by atoms with van der Waals surface area (Å²) >= 11 is 0. The molecule has 0 radical (unpaired) electrons. The first-order chi connectivity index (χ1) is 12.6. The van der Waals surface area contributed by atoms with Gasteiger partial charge in [-0.05, 0) is 58.5 Å². The predicted octanol–water partition coefficient (Wildman–Crippen LogP) is 2.84. The molecule has 2 N–H and O–H groups in total. The molecule has 0 aromatic heterocycles. The van der Waals surface area contributed by atoms with Gasteiger partial charge in [-0.3, -0.25) is 9.89 Å². The summed E-state index contributed by atoms with van der Waals surface area (Å²) < 4.78 is 0. The summed E-state index contributed by atoms with van der Waals surface area (Å²) in [7, 11) is 4.50. The SMILES string of the molecule is CC1CCCC(N2CCCC2=NC2CC(N(C)C)[NH2+]C3CCCCC23)C1. The highest BCUT2D eigenvalue weighted by Gasteiger charge is 2.43. The summed E-state index contributed by atoms with van der Waals surface area (Å²) in [4.78, 5) is 10.7. The van der Waals surface area contributed by atoms with Crippen LogP contribution in [0.4, 0.5) is 0 Å². The molecule has 4 aliphatic rings. The van der Waals surface area contributed by atoms with E-state index in [1.165, 1.54) is 83.0 Å². The quantitative estimate of drug-likeness (QED) is 0.839. The first-order valence-electron chi connectivity index (χ1n) is 11.5. The van der Waals surface area contributed by atoms with E-state index >= 15 is 0 Å². The summed E-state index contributed by atoms with van der Waals surface area (Å²) in [5, 5.41) is 2.68. The average molecular weight is 362 g/mol. The van der Waals surface area contributed by atoms with Crippen LogP contribution in [0.1, 0.15) is 77.6 Å². The van der Waals surface area contributed by atoms with E-state index in [9.17, 15) is 0 Å². The molecule has 2 heterocycles. The maximum Gasteiger partial charge on any atom is 0.144 e. The average Bonchev–Trinajstić information content (AvgIpc) is 3.09. The van der Waals surface area contributed by atoms with Crippen LogP contribution >= 0.6 is 0 Å². The fourth-order valence-corrected chi connectivity index (χ4v) is 6.31. The second kappa shape index (κ2) is 8.18. The lowest BCUT2D eigenvalue weighted by Crippen LogP contribution is -3.01. The van der Waals surface area contributed by atoms with E-state index in [4.69, 9.17) is 4.99 Å². The zero-order valence-corrected chi connectivity index (χ0v) is 17.4. The fraction of sp³-hybridized carbons (Fsp3) is 0.955. The van der Waals surface area contributed by atoms with Crippen molar-refractivity contribution < 1.29 is 5.32 Å². The predicted molar refractivity (Wildman–Crippen MR) is 108 cm³/mol. The Morgan fingerprint density at radius 1 is 1.00 bits per heavy atom. The van der Waals surface area contributed by atoms with E-state index in [1.54, 1.807) is 0 Å². The highest BCUT2D eigenvalue weighted by molar-refractivity contribution is 5.84. The molecule has 0 aromatic rings. The molecule has 6 unspecified atom stereocenters. The molecular weight excluding hydrogens is 320 g/mol. The fourth-order valence-electron chi connectivity index (χ4n) is 6.31. The van der Waals surface area contributed by atoms with Gasteiger partial charge in [-0.15, -0.1) is 0 Å². The minimum absolute atomic E-state index is 0.564. The lowest BCUT2D eigenvalue weighted by Gasteiger charge is -2.43. The highest BCUT2D eigenvalue weighted by Crippen LogP contribution is 2.34. The van der Waals surface area contributed by atoms with Crippen molar-refractivity contribution in [3.05, 3.63) is 0 Å². The number of aliphatic imine (C=N–C) groups is 1. The molecule has 0 bridgehead atoms. The van der Waals surface area contributed by atoms with Crippen LogP contribution in [0.15, 0.2) is 4.99 Å². The summed E-state index contributed by atoms with van der Waals surface area (Å²) in [5.41, 5.74) is 0. The molecule has 4 nitrogen and oxygen atoms in total. The third-order valence-corrected chi connectivity index (χ3v) is 7.78. The third kappa shape index (κ3) is 3.96. The largest absolute Gasteiger partial charge is 0.357 e. The van der Waals surface area contributed by atoms with Crippen LogP contribution in [0.25, 0.3) is 0 Å². The summed E-state index contributed by atoms with van der Waals surface area (Å²) in [5.74, 6) is 3.21. The van der Waals surface area contributed by atoms with Gasteiger partial charge in [-0.2, -0.15) is 0 Å². The molecular formula is C22H41N4+. The number of quaternary nitrogens is 1. The molecule has 0 amide bonds. The van der Waals surface area contributed by atoms with Crippen molar-refractivity contribution >= 4 is 5.84 Å². The molecule has 2 saturated carbocycles. The molecule has 148 valence electrons. The number of rotatable bonds is 3. The second-order valence-corrected chi connectivity index (χ2v) is 9.91. The van der Waals surface area contributed by atoms with Gasteiger partial charge in [-0.25, -0.2) is 0 Å². The molecule has 2 aliphatic heterocycles. The summed E-state index contributed by atoms with van der Waals surface area (Å²) in [6, 6.07) is 2.15. The van der Waals surface area contributed by atoms with Gasteiger partial charge in [0.1, 0.15) is 6.17 Å². The Bertz CT molecular complexity index is 502. The Labute approximate surface area is 160 Å². The van der Waals surface area contributed by atoms with E-state index in [1.807, 2.05) is 0 Å². The van der Waals surface area contributed by atoms with Crippen LogP contribution in [-0.4, -0.2) is 60.6 Å². The van der Waals surface area contributed by atoms with Gasteiger partial charge < -0.3 is 10.2 Å². The van der Waals surface area contributed by atoms with Crippen LogP contribution in [0.3, 0.4) is 0 Å². The van der Waals surface area contributed by atoms with Crippen molar-refractivity contribution in [2.75, 3.05) is 20.6 Å². The van der Waals surface area contributed by atoms with Gasteiger partial charge >= 0.3 is 0 Å². The van der Waals surface area contributed by atoms with Crippen molar-refractivity contribution in [1.82, 2.24) is 9.80 Å². The van der Waals surface area contributed by atoms with E-state index in [2.05, 4.69) is 36.1 Å². The smallest absolute Gasteiger partial charge is 0.144 e. The summed E-state index contributed by atoms with van der Waals surface area (Å²) in [6.45, 7) is 3.71. The van der Waals surface area contributed by atoms with Crippen LogP contribution in [0, 0.1) is 11.8 Å². The minimum Gasteiger partial charge on any atom is -0.357 e. The van der Waals surface area contributed by atoms with E-state index in [0.717, 1.165) is 23.9 Å². The van der Waals surface area contributed by atoms with E-state index in [-0.39, 0.29) is 0 Å². The van der Waals surface area contributed by atoms with Crippen LogP contribution < -0.4 is 5.32 Å². The van der Waals surface area contributed by atoms with E-state index in [0.29, 0.717) is 12.2 Å². The molecule has 0 aromatic carbocycles. The normalized spacial score (nSPS) is 43.1. The highest BCUT2D eigenvalue weighted by atomic mass is 15.3. The number of hydrogen-bond acceptors (Lipinski definition) is 2. The molecule has 4 fully saturated rings. The van der Waals surface area contributed by atoms with Crippen molar-refractivity contribution in [2.24, 2.45) is 16.8 Å². The Balaban J connectivity index is 1.51. The van der Waals surface area contributed by atoms with Gasteiger partial charge in [0.15, 0.2) is 0 Å². The van der Waals surface area contributed by atoms with Crippen molar-refractivity contribution in [1.29, 1.82) is 0 Å². The summed E-state index contributed by atoms with van der Waals surface area (Å²) in [6.07, 6.45) is 15.7. The number of piperidine rings is 1. The second-order valence-electron chi connectivity index (χ2n) is 9.91. The zero-order chi connectivity index (χ0) is 18.1. The molecule has 26 heavy (non-hydrogen) atoms. The van der Waals surface area contributed by atoms with Gasteiger partial charge in [0.05, 0.1) is 17.9 Å². The minimum atomic E-state index is 0.564. The van der Waals surface area contributed by atoms with Crippen LogP contribution in [-0.2, 0) is 0 Å².